The van der Waals surface area contributed by atoms with Crippen molar-refractivity contribution < 1.29 is 33.9 Å². The van der Waals surface area contributed by atoms with Crippen LogP contribution in [0.4, 0.5) is 0 Å². The maximum Gasteiger partial charge on any atom is 0.331 e. The number of carbonyl (C=O) groups is 6. The largest absolute Gasteiger partial charge is 0.480 e. The zero-order valence-corrected chi connectivity index (χ0v) is 26.2. The van der Waals surface area contributed by atoms with E-state index in [-0.39, 0.29) is 18.9 Å². The SMILES string of the molecule is CC(C)[C@@H](C(=O)C(=O)NCc1ccccc1)N1CCC[C@H]1C(=O)NC(=O)[C@](N)(C(=O)Cn1ccc(=O)n(CC(=O)O)c1=O)C(C)C. The second-order valence-corrected chi connectivity index (χ2v) is 11.9. The number of rotatable bonds is 14. The fourth-order valence-electron chi connectivity index (χ4n) is 5.49. The molecule has 46 heavy (non-hydrogen) atoms. The average molecular weight is 641 g/mol. The molecule has 0 aliphatic carbocycles. The second-order valence-electron chi connectivity index (χ2n) is 11.9. The minimum atomic E-state index is -2.31. The molecule has 3 atom stereocenters. The van der Waals surface area contributed by atoms with E-state index in [4.69, 9.17) is 10.8 Å². The molecule has 248 valence electrons. The molecule has 1 aliphatic heterocycles. The molecule has 0 bridgehead atoms. The zero-order chi connectivity index (χ0) is 34.3. The summed E-state index contributed by atoms with van der Waals surface area (Å²) in [6.07, 6.45) is 1.76. The van der Waals surface area contributed by atoms with E-state index in [1.807, 2.05) is 6.07 Å². The predicted octanol–water partition coefficient (Wildman–Crippen LogP) is -0.965. The highest BCUT2D eigenvalue weighted by Gasteiger charge is 2.48. The highest BCUT2D eigenvalue weighted by atomic mass is 16.4. The van der Waals surface area contributed by atoms with Crippen LogP contribution in [0, 0.1) is 11.8 Å². The van der Waals surface area contributed by atoms with Crippen LogP contribution in [-0.4, -0.2) is 78.6 Å². The van der Waals surface area contributed by atoms with Crippen LogP contribution in [-0.2, 0) is 48.4 Å². The maximum absolute atomic E-state index is 13.5. The number of nitrogens with two attached hydrogens (primary N) is 1. The molecule has 5 N–H and O–H groups in total. The van der Waals surface area contributed by atoms with E-state index in [2.05, 4.69) is 10.6 Å². The summed E-state index contributed by atoms with van der Waals surface area (Å²) >= 11 is 0. The van der Waals surface area contributed by atoms with Crippen molar-refractivity contribution in [2.45, 2.75) is 77.8 Å². The van der Waals surface area contributed by atoms with Crippen LogP contribution in [0.5, 0.6) is 0 Å². The Kier molecular flexibility index (Phi) is 11.7. The van der Waals surface area contributed by atoms with Crippen LogP contribution in [0.2, 0.25) is 0 Å². The standard InChI is InChI=1S/C31H40N6O9/c1-18(2)25(26(42)28(44)33-15-20-9-6-5-7-10-20)36-13-8-11-21(36)27(43)34-29(45)31(32,19(3)4)22(38)16-35-14-12-23(39)37(30(35)46)17-24(40)41/h5-7,9-10,12,14,18-19,21,25H,8,11,13,15-17,32H2,1-4H3,(H,33,44)(H,40,41)(H,34,43,45)/t21-,25-,31+/m0/s1. The van der Waals surface area contributed by atoms with E-state index in [0.29, 0.717) is 17.5 Å². The molecule has 0 unspecified atom stereocenters. The Morgan fingerprint density at radius 1 is 1.00 bits per heavy atom. The average Bonchev–Trinajstić information content (AvgIpc) is 3.48. The number of hydrogen-bond donors (Lipinski definition) is 4. The quantitative estimate of drug-likeness (QED) is 0.145. The van der Waals surface area contributed by atoms with Gasteiger partial charge < -0.3 is 16.2 Å². The molecule has 1 fully saturated rings. The third-order valence-electron chi connectivity index (χ3n) is 8.11. The van der Waals surface area contributed by atoms with Gasteiger partial charge in [-0.1, -0.05) is 58.0 Å². The Labute approximate surface area is 264 Å². The van der Waals surface area contributed by atoms with Crippen molar-refractivity contribution in [2.75, 3.05) is 6.54 Å². The fraction of sp³-hybridized carbons (Fsp3) is 0.484. The van der Waals surface area contributed by atoms with Gasteiger partial charge in [0.1, 0.15) is 6.54 Å². The van der Waals surface area contributed by atoms with Crippen molar-refractivity contribution in [3.63, 3.8) is 0 Å². The van der Waals surface area contributed by atoms with Crippen LogP contribution >= 0.6 is 0 Å². The highest BCUT2D eigenvalue weighted by Crippen LogP contribution is 2.26. The first-order valence-electron chi connectivity index (χ1n) is 14.9. The van der Waals surface area contributed by atoms with Crippen molar-refractivity contribution in [3.8, 4) is 0 Å². The molecular weight excluding hydrogens is 600 g/mol. The summed E-state index contributed by atoms with van der Waals surface area (Å²) in [5.41, 5.74) is 2.83. The third-order valence-corrected chi connectivity index (χ3v) is 8.11. The van der Waals surface area contributed by atoms with Crippen molar-refractivity contribution in [1.82, 2.24) is 24.7 Å². The molecule has 0 saturated carbocycles. The molecule has 3 rings (SSSR count). The van der Waals surface area contributed by atoms with Crippen LogP contribution < -0.4 is 27.6 Å². The normalized spacial score (nSPS) is 16.9. The number of likely N-dealkylation sites (tertiary alicyclic amines) is 1. The van der Waals surface area contributed by atoms with E-state index < -0.39 is 83.1 Å². The van der Waals surface area contributed by atoms with Crippen LogP contribution in [0.1, 0.15) is 46.1 Å². The Bertz CT molecular complexity index is 1610. The first-order valence-corrected chi connectivity index (χ1v) is 14.9. The van der Waals surface area contributed by atoms with Gasteiger partial charge in [-0.15, -0.1) is 0 Å². The van der Waals surface area contributed by atoms with Crippen LogP contribution in [0.25, 0.3) is 0 Å². The lowest BCUT2D eigenvalue weighted by Crippen LogP contribution is -2.66. The number of benzene rings is 1. The van der Waals surface area contributed by atoms with Crippen molar-refractivity contribution in [3.05, 3.63) is 69.0 Å². The van der Waals surface area contributed by atoms with Gasteiger partial charge in [0.05, 0.1) is 18.6 Å². The Morgan fingerprint density at radius 2 is 1.65 bits per heavy atom. The molecule has 15 heteroatoms. The Morgan fingerprint density at radius 3 is 2.24 bits per heavy atom. The maximum atomic E-state index is 13.5. The highest BCUT2D eigenvalue weighted by molar-refractivity contribution is 6.38. The van der Waals surface area contributed by atoms with E-state index in [1.54, 1.807) is 43.0 Å². The zero-order valence-electron chi connectivity index (χ0n) is 26.2. The summed E-state index contributed by atoms with van der Waals surface area (Å²) in [4.78, 5) is 104. The smallest absolute Gasteiger partial charge is 0.331 e. The third kappa shape index (κ3) is 7.90. The van der Waals surface area contributed by atoms with Crippen molar-refractivity contribution in [1.29, 1.82) is 0 Å². The first-order chi connectivity index (χ1) is 21.6. The molecule has 1 aromatic heterocycles. The molecule has 0 spiro atoms. The number of hydrogen-bond acceptors (Lipinski definition) is 10. The van der Waals surface area contributed by atoms with Gasteiger partial charge in [-0.2, -0.15) is 0 Å². The van der Waals surface area contributed by atoms with Gasteiger partial charge in [-0.05, 0) is 36.8 Å². The lowest BCUT2D eigenvalue weighted by molar-refractivity contribution is -0.145. The van der Waals surface area contributed by atoms with E-state index in [0.717, 1.165) is 22.4 Å². The minimum Gasteiger partial charge on any atom is -0.480 e. The van der Waals surface area contributed by atoms with Gasteiger partial charge >= 0.3 is 11.7 Å². The molecule has 2 heterocycles. The predicted molar refractivity (Wildman–Crippen MR) is 164 cm³/mol. The van der Waals surface area contributed by atoms with E-state index in [9.17, 15) is 38.4 Å². The summed E-state index contributed by atoms with van der Waals surface area (Å²) in [5, 5.41) is 13.9. The lowest BCUT2D eigenvalue weighted by Gasteiger charge is -2.34. The number of carbonyl (C=O) groups excluding carboxylic acids is 5. The topological polar surface area (TPSA) is 220 Å². The number of aromatic nitrogens is 2. The summed E-state index contributed by atoms with van der Waals surface area (Å²) in [5.74, 6) is -7.13. The summed E-state index contributed by atoms with van der Waals surface area (Å²) in [6.45, 7) is 5.16. The summed E-state index contributed by atoms with van der Waals surface area (Å²) in [6, 6.07) is 8.00. The lowest BCUT2D eigenvalue weighted by atomic mass is 9.82. The van der Waals surface area contributed by atoms with Gasteiger partial charge in [0.2, 0.25) is 11.7 Å². The molecule has 1 aromatic carbocycles. The second kappa shape index (κ2) is 15.0. The number of amides is 3. The number of nitrogens with zero attached hydrogens (tertiary/aromatic N) is 3. The van der Waals surface area contributed by atoms with E-state index >= 15 is 0 Å². The Balaban J connectivity index is 1.78. The number of Topliss-reactive ketones (excluding diaryl/α,β-unsaturated/α-hetero) is 2. The van der Waals surface area contributed by atoms with Gasteiger partial charge in [0.25, 0.3) is 17.4 Å². The Hall–Kier alpha value is -4.76. The van der Waals surface area contributed by atoms with Gasteiger partial charge in [0, 0.05) is 18.8 Å². The van der Waals surface area contributed by atoms with Crippen molar-refractivity contribution in [2.24, 2.45) is 17.6 Å². The van der Waals surface area contributed by atoms with Gasteiger partial charge in [-0.3, -0.25) is 48.3 Å². The van der Waals surface area contributed by atoms with Crippen molar-refractivity contribution >= 4 is 35.3 Å². The fourth-order valence-corrected chi connectivity index (χ4v) is 5.49. The number of nitrogens with one attached hydrogen (secondary N) is 2. The minimum absolute atomic E-state index is 0.142. The summed E-state index contributed by atoms with van der Waals surface area (Å²) in [7, 11) is 0. The molecule has 1 saturated heterocycles. The number of carboxylic acids is 1. The molecule has 3 amide bonds. The number of imide groups is 1. The van der Waals surface area contributed by atoms with Crippen LogP contribution in [0.3, 0.4) is 0 Å². The molecular formula is C31H40N6O9. The number of ketones is 2. The monoisotopic (exact) mass is 640 g/mol. The molecule has 0 radical (unpaired) electrons. The molecule has 15 nitrogen and oxygen atoms in total. The van der Waals surface area contributed by atoms with Crippen LogP contribution in [0.15, 0.2) is 52.2 Å². The van der Waals surface area contributed by atoms with Gasteiger partial charge in [0.15, 0.2) is 11.3 Å². The first kappa shape index (κ1) is 35.7. The van der Waals surface area contributed by atoms with Gasteiger partial charge in [-0.25, -0.2) is 9.36 Å². The number of carboxylic acid groups (broad SMARTS) is 1. The summed E-state index contributed by atoms with van der Waals surface area (Å²) < 4.78 is 1.17. The molecule has 1 aliphatic rings. The number of aliphatic carboxylic acids is 1. The molecule has 2 aromatic rings. The van der Waals surface area contributed by atoms with E-state index in [1.165, 1.54) is 13.8 Å².